The summed E-state index contributed by atoms with van der Waals surface area (Å²) in [5.41, 5.74) is 5.12. The molecule has 0 aromatic heterocycles. The molecule has 0 spiro atoms. The first kappa shape index (κ1) is 38.7. The first-order valence-corrected chi connectivity index (χ1v) is 25.7. The highest BCUT2D eigenvalue weighted by Crippen LogP contribution is 2.65. The van der Waals surface area contributed by atoms with Crippen LogP contribution in [0.1, 0.15) is 121 Å². The lowest BCUT2D eigenvalue weighted by Gasteiger charge is -2.59. The minimum absolute atomic E-state index is 0.0107. The molecule has 3 nitrogen and oxygen atoms in total. The first-order valence-electron chi connectivity index (χ1n) is 18.8. The first-order chi connectivity index (χ1) is 21.0. The second kappa shape index (κ2) is 13.5. The number of allylic oxidation sites excluding steroid dienone is 4. The largest absolute Gasteiger partial charge is 0.414 e. The number of fused-ring (bicyclic) bond motifs is 5. The molecule has 2 saturated carbocycles. The second-order valence-corrected chi connectivity index (χ2v) is 29.9. The Morgan fingerprint density at radius 3 is 2.09 bits per heavy atom. The predicted octanol–water partition coefficient (Wildman–Crippen LogP) is 11.7. The van der Waals surface area contributed by atoms with Gasteiger partial charge in [-0.1, -0.05) is 117 Å². The van der Waals surface area contributed by atoms with Crippen LogP contribution in [0.15, 0.2) is 34.9 Å². The molecule has 264 valence electrons. The van der Waals surface area contributed by atoms with Gasteiger partial charge in [-0.25, -0.2) is 0 Å². The van der Waals surface area contributed by atoms with Crippen LogP contribution in [0.25, 0.3) is 0 Å². The van der Waals surface area contributed by atoms with Crippen molar-refractivity contribution in [3.05, 3.63) is 34.9 Å². The van der Waals surface area contributed by atoms with Crippen LogP contribution in [0, 0.1) is 28.6 Å². The lowest BCUT2D eigenvalue weighted by atomic mass is 9.49. The summed E-state index contributed by atoms with van der Waals surface area (Å²) in [5.74, 6) is 2.35. The minimum atomic E-state index is -2.02. The minimum Gasteiger partial charge on any atom is -0.414 e. The van der Waals surface area contributed by atoms with Crippen LogP contribution in [0.5, 0.6) is 0 Å². The smallest absolute Gasteiger partial charge is 0.192 e. The number of hydrogen-bond acceptors (Lipinski definition) is 4. The molecule has 0 radical (unpaired) electrons. The van der Waals surface area contributed by atoms with Crippen molar-refractivity contribution < 1.29 is 14.0 Å². The average molecular weight is 689 g/mol. The highest BCUT2D eigenvalue weighted by molar-refractivity contribution is 8.00. The highest BCUT2D eigenvalue weighted by atomic mass is 32.2. The molecule has 0 heterocycles. The van der Waals surface area contributed by atoms with Crippen molar-refractivity contribution in [3.8, 4) is 0 Å². The van der Waals surface area contributed by atoms with E-state index in [2.05, 4.69) is 121 Å². The van der Waals surface area contributed by atoms with E-state index >= 15 is 0 Å². The van der Waals surface area contributed by atoms with Crippen molar-refractivity contribution in [1.29, 1.82) is 0 Å². The fraction of sp³-hybridized carbons (Fsp3) is 0.850. The zero-order valence-electron chi connectivity index (χ0n) is 32.6. The summed E-state index contributed by atoms with van der Waals surface area (Å²) in [5, 5.41) is 11.7. The molecular formula is C40H72O3SSi2. The zero-order valence-corrected chi connectivity index (χ0v) is 35.4. The molecule has 2 fully saturated rings. The third kappa shape index (κ3) is 7.06. The van der Waals surface area contributed by atoms with Crippen LogP contribution in [0.2, 0.25) is 36.3 Å². The van der Waals surface area contributed by atoms with E-state index in [9.17, 15) is 5.11 Å². The molecule has 4 aliphatic rings. The molecule has 46 heavy (non-hydrogen) atoms. The van der Waals surface area contributed by atoms with Crippen molar-refractivity contribution in [2.45, 2.75) is 181 Å². The molecule has 3 unspecified atom stereocenters. The van der Waals surface area contributed by atoms with Gasteiger partial charge in [0, 0.05) is 16.4 Å². The van der Waals surface area contributed by atoms with Gasteiger partial charge in [-0.3, -0.25) is 0 Å². The summed E-state index contributed by atoms with van der Waals surface area (Å²) in [6, 6.07) is 0. The van der Waals surface area contributed by atoms with Crippen molar-refractivity contribution in [3.63, 3.8) is 0 Å². The Hall–Kier alpha value is -0.116. The van der Waals surface area contributed by atoms with Gasteiger partial charge in [0.05, 0.1) is 18.3 Å². The molecule has 0 aromatic rings. The zero-order chi connectivity index (χ0) is 34.7. The lowest BCUT2D eigenvalue weighted by molar-refractivity contribution is -0.0386. The van der Waals surface area contributed by atoms with Crippen LogP contribution >= 0.6 is 11.8 Å². The van der Waals surface area contributed by atoms with Gasteiger partial charge in [-0.05, 0) is 98.5 Å². The third-order valence-corrected chi connectivity index (χ3v) is 24.6. The van der Waals surface area contributed by atoms with E-state index < -0.39 is 16.6 Å². The van der Waals surface area contributed by atoms with E-state index in [1.54, 1.807) is 16.7 Å². The third-order valence-electron chi connectivity index (χ3n) is 14.3. The van der Waals surface area contributed by atoms with E-state index in [1.807, 2.05) is 11.8 Å². The molecule has 0 amide bonds. The van der Waals surface area contributed by atoms with Crippen LogP contribution in [-0.2, 0) is 8.85 Å². The summed E-state index contributed by atoms with van der Waals surface area (Å²) >= 11 is 1.98. The average Bonchev–Trinajstić information content (AvgIpc) is 3.29. The molecular weight excluding hydrogens is 617 g/mol. The molecule has 4 rings (SSSR count). The van der Waals surface area contributed by atoms with Gasteiger partial charge in [-0.15, -0.1) is 0 Å². The fourth-order valence-corrected chi connectivity index (χ4v) is 13.0. The number of hydrogen-bond donors (Lipinski definition) is 1. The maximum atomic E-state index is 10.9. The Labute approximate surface area is 291 Å². The number of aliphatic hydroxyl groups excluding tert-OH is 1. The summed E-state index contributed by atoms with van der Waals surface area (Å²) in [6.45, 7) is 35.9. The Balaban J connectivity index is 1.63. The van der Waals surface area contributed by atoms with E-state index in [4.69, 9.17) is 8.85 Å². The Morgan fingerprint density at radius 1 is 0.935 bits per heavy atom. The lowest BCUT2D eigenvalue weighted by Crippen LogP contribution is -2.58. The van der Waals surface area contributed by atoms with Crippen molar-refractivity contribution in [2.24, 2.45) is 28.6 Å². The standard InChI is InChI=1S/C40H72O3SSi2/c1-16-28(17-2)35(41)26-44-27(3)32-20-21-33-31-19-18-29-24-30(42-45(12,13)37(4,5)6)25-36(43-46(14,15)38(7,8)9)40(29,11)34(31)22-23-39(32,33)10/h18-20,27-28,30,33-36,41H,16-17,21-26H2,1-15H3/t27?,30?,33-,34-,35-,36?,39+,40-/m0/s1. The van der Waals surface area contributed by atoms with Gasteiger partial charge < -0.3 is 14.0 Å². The van der Waals surface area contributed by atoms with Gasteiger partial charge in [0.15, 0.2) is 16.6 Å². The summed E-state index contributed by atoms with van der Waals surface area (Å²) in [6.07, 6.45) is 15.7. The summed E-state index contributed by atoms with van der Waals surface area (Å²) in [4.78, 5) is 0. The van der Waals surface area contributed by atoms with E-state index in [0.29, 0.717) is 23.0 Å². The van der Waals surface area contributed by atoms with Crippen LogP contribution in [0.3, 0.4) is 0 Å². The summed E-state index contributed by atoms with van der Waals surface area (Å²) < 4.78 is 14.7. The van der Waals surface area contributed by atoms with E-state index in [-0.39, 0.29) is 39.2 Å². The van der Waals surface area contributed by atoms with Crippen molar-refractivity contribution >= 4 is 28.4 Å². The SMILES string of the molecule is CCC(CC)[C@@H](O)CSC(C)C1=CC[C@H]2C3=CC=C4CC(O[Si](C)(C)C(C)(C)C)CC(O[Si](C)(C)C(C)(C)C)[C@]4(C)[C@H]3CC[C@]12C. The Bertz CT molecular complexity index is 1190. The van der Waals surface area contributed by atoms with E-state index in [0.717, 1.165) is 37.9 Å². The van der Waals surface area contributed by atoms with Crippen LogP contribution in [-0.4, -0.2) is 51.1 Å². The van der Waals surface area contributed by atoms with Gasteiger partial charge in [0.25, 0.3) is 0 Å². The fourth-order valence-electron chi connectivity index (χ4n) is 8.94. The monoisotopic (exact) mass is 688 g/mol. The number of thioether (sulfide) groups is 1. The van der Waals surface area contributed by atoms with Gasteiger partial charge in [-0.2, -0.15) is 11.8 Å². The highest BCUT2D eigenvalue weighted by Gasteiger charge is 2.59. The predicted molar refractivity (Wildman–Crippen MR) is 207 cm³/mol. The molecule has 4 aliphatic carbocycles. The second-order valence-electron chi connectivity index (χ2n) is 19.0. The Kier molecular flexibility index (Phi) is 11.4. The molecule has 1 N–H and O–H groups in total. The maximum absolute atomic E-state index is 10.9. The molecule has 0 saturated heterocycles. The van der Waals surface area contributed by atoms with E-state index in [1.165, 1.54) is 12.8 Å². The molecule has 6 heteroatoms. The summed E-state index contributed by atoms with van der Waals surface area (Å²) in [7, 11) is -3.94. The topological polar surface area (TPSA) is 38.7 Å². The normalized spacial score (nSPS) is 33.5. The molecule has 0 aliphatic heterocycles. The van der Waals surface area contributed by atoms with Gasteiger partial charge in [0.2, 0.25) is 0 Å². The van der Waals surface area contributed by atoms with Gasteiger partial charge >= 0.3 is 0 Å². The molecule has 8 atom stereocenters. The van der Waals surface area contributed by atoms with Crippen molar-refractivity contribution in [2.75, 3.05) is 5.75 Å². The van der Waals surface area contributed by atoms with Crippen LogP contribution in [0.4, 0.5) is 0 Å². The quantitative estimate of drug-likeness (QED) is 0.173. The molecule has 0 bridgehead atoms. The number of aliphatic hydroxyl groups is 1. The van der Waals surface area contributed by atoms with Crippen LogP contribution < -0.4 is 0 Å². The molecule has 0 aromatic carbocycles. The van der Waals surface area contributed by atoms with Gasteiger partial charge in [0.1, 0.15) is 0 Å². The maximum Gasteiger partial charge on any atom is 0.192 e. The number of rotatable bonds is 11. The van der Waals surface area contributed by atoms with Crippen molar-refractivity contribution in [1.82, 2.24) is 0 Å². The Morgan fingerprint density at radius 2 is 1.52 bits per heavy atom.